The maximum atomic E-state index is 12.3. The zero-order chi connectivity index (χ0) is 20.3. The Labute approximate surface area is 175 Å². The molecule has 0 unspecified atom stereocenters. The van der Waals surface area contributed by atoms with E-state index in [2.05, 4.69) is 10.3 Å². The Bertz CT molecular complexity index is 839. The smallest absolute Gasteiger partial charge is 0.252 e. The van der Waals surface area contributed by atoms with Crippen molar-refractivity contribution >= 4 is 5.91 Å². The van der Waals surface area contributed by atoms with E-state index >= 15 is 0 Å². The number of carbonyl (C=O) groups is 1. The number of nitrogens with one attached hydrogen (secondary N) is 2. The van der Waals surface area contributed by atoms with Crippen LogP contribution in [0.15, 0.2) is 23.1 Å². The lowest BCUT2D eigenvalue weighted by atomic mass is 9.53. The van der Waals surface area contributed by atoms with Crippen molar-refractivity contribution in [3.63, 3.8) is 0 Å². The Hall–Kier alpha value is -1.70. The molecule has 7 nitrogen and oxygen atoms in total. The first-order valence-electron chi connectivity index (χ1n) is 11.6. The molecule has 30 heavy (non-hydrogen) atoms. The molecule has 1 aliphatic heterocycles. The summed E-state index contributed by atoms with van der Waals surface area (Å²) in [7, 11) is 0. The summed E-state index contributed by atoms with van der Waals surface area (Å²) >= 11 is 0. The van der Waals surface area contributed by atoms with Gasteiger partial charge in [0.05, 0.1) is 5.56 Å². The fourth-order valence-corrected chi connectivity index (χ4v) is 7.01. The van der Waals surface area contributed by atoms with Crippen LogP contribution in [0.5, 0.6) is 0 Å². The van der Waals surface area contributed by atoms with Crippen LogP contribution in [0.3, 0.4) is 0 Å². The van der Waals surface area contributed by atoms with E-state index in [0.29, 0.717) is 29.9 Å². The Morgan fingerprint density at radius 1 is 1.03 bits per heavy atom. The highest BCUT2D eigenvalue weighted by atomic mass is 17.3. The molecule has 1 aromatic heterocycles. The fraction of sp³-hybridized carbons (Fsp3) is 0.739. The Balaban J connectivity index is 1.05. The number of pyridine rings is 1. The van der Waals surface area contributed by atoms with Gasteiger partial charge in [0.15, 0.2) is 0 Å². The molecule has 2 spiro atoms. The molecular weight excluding hydrogens is 384 g/mol. The molecule has 162 valence electrons. The lowest BCUT2D eigenvalue weighted by Gasteiger charge is -2.57. The SMILES string of the molecule is O=C(NCC1CCC2(CC1)OOC1(O2)C2CC3CC(C2)CC1C3)c1ccc(=O)[nH]c1. The zero-order valence-electron chi connectivity index (χ0n) is 17.2. The lowest BCUT2D eigenvalue weighted by molar-refractivity contribution is -0.390. The average molecular weight is 415 g/mol. The third kappa shape index (κ3) is 3.05. The third-order valence-corrected chi connectivity index (χ3v) is 8.41. The molecule has 5 saturated carbocycles. The highest BCUT2D eigenvalue weighted by Crippen LogP contribution is 2.63. The van der Waals surface area contributed by atoms with Crippen LogP contribution in [0.1, 0.15) is 68.1 Å². The summed E-state index contributed by atoms with van der Waals surface area (Å²) in [4.78, 5) is 38.0. The number of rotatable bonds is 3. The molecular formula is C23H30N2O5. The van der Waals surface area contributed by atoms with E-state index in [1.165, 1.54) is 44.4 Å². The number of aromatic amines is 1. The van der Waals surface area contributed by atoms with E-state index in [9.17, 15) is 9.59 Å². The van der Waals surface area contributed by atoms with Crippen molar-refractivity contribution in [1.82, 2.24) is 10.3 Å². The van der Waals surface area contributed by atoms with E-state index in [1.54, 1.807) is 6.07 Å². The quantitative estimate of drug-likeness (QED) is 0.742. The summed E-state index contributed by atoms with van der Waals surface area (Å²) in [5, 5.41) is 2.99. The van der Waals surface area contributed by atoms with Crippen molar-refractivity contribution in [2.45, 2.75) is 69.4 Å². The summed E-state index contributed by atoms with van der Waals surface area (Å²) in [6, 6.07) is 2.92. The van der Waals surface area contributed by atoms with Gasteiger partial charge in [0.1, 0.15) is 0 Å². The molecule has 6 fully saturated rings. The number of ether oxygens (including phenoxy) is 1. The van der Waals surface area contributed by atoms with Crippen LogP contribution in [0.4, 0.5) is 0 Å². The predicted molar refractivity (Wildman–Crippen MR) is 107 cm³/mol. The number of hydrogen-bond donors (Lipinski definition) is 2. The minimum Gasteiger partial charge on any atom is -0.352 e. The van der Waals surface area contributed by atoms with Crippen molar-refractivity contribution in [3.8, 4) is 0 Å². The van der Waals surface area contributed by atoms with Gasteiger partial charge in [-0.1, -0.05) is 0 Å². The molecule has 0 atom stereocenters. The van der Waals surface area contributed by atoms with Crippen LogP contribution in [-0.4, -0.2) is 29.0 Å². The van der Waals surface area contributed by atoms with E-state index in [4.69, 9.17) is 14.5 Å². The number of hydrogen-bond acceptors (Lipinski definition) is 5. The van der Waals surface area contributed by atoms with Gasteiger partial charge in [0.25, 0.3) is 5.91 Å². The van der Waals surface area contributed by atoms with Crippen LogP contribution in [0.25, 0.3) is 0 Å². The second-order valence-corrected chi connectivity index (χ2v) is 10.3. The summed E-state index contributed by atoms with van der Waals surface area (Å²) in [5.41, 5.74) is 0.265. The van der Waals surface area contributed by atoms with Crippen molar-refractivity contribution < 1.29 is 19.3 Å². The normalized spacial score (nSPS) is 44.1. The topological polar surface area (TPSA) is 89.7 Å². The maximum Gasteiger partial charge on any atom is 0.252 e. The van der Waals surface area contributed by atoms with E-state index < -0.39 is 11.6 Å². The number of amides is 1. The number of carbonyl (C=O) groups excluding carboxylic acids is 1. The summed E-state index contributed by atoms with van der Waals surface area (Å²) in [6.45, 7) is 0.620. The van der Waals surface area contributed by atoms with Crippen molar-refractivity contribution in [3.05, 3.63) is 34.2 Å². The molecule has 2 N–H and O–H groups in total. The standard InChI is InChI=1S/C23H30N2O5/c26-20-2-1-17(13-24-20)21(27)25-12-14-3-5-22(6-4-14)28-23(30-29-22)18-8-15-7-16(10-18)11-19(23)9-15/h1-2,13-16,18-19H,3-12H2,(H,24,26)(H,25,27). The number of aromatic nitrogens is 1. The van der Waals surface area contributed by atoms with Crippen LogP contribution < -0.4 is 10.9 Å². The van der Waals surface area contributed by atoms with Gasteiger partial charge in [-0.05, 0) is 68.8 Å². The van der Waals surface area contributed by atoms with Crippen molar-refractivity contribution in [2.24, 2.45) is 29.6 Å². The molecule has 4 bridgehead atoms. The van der Waals surface area contributed by atoms with Crippen LogP contribution in [0.2, 0.25) is 0 Å². The molecule has 5 aliphatic carbocycles. The largest absolute Gasteiger partial charge is 0.352 e. The second kappa shape index (κ2) is 6.90. The molecule has 0 aromatic carbocycles. The van der Waals surface area contributed by atoms with Gasteiger partial charge in [-0.2, -0.15) is 9.78 Å². The third-order valence-electron chi connectivity index (χ3n) is 8.41. The molecule has 7 heteroatoms. The van der Waals surface area contributed by atoms with E-state index in [1.807, 2.05) is 0 Å². The predicted octanol–water partition coefficient (Wildman–Crippen LogP) is 3.12. The average Bonchev–Trinajstić information content (AvgIpc) is 3.12. The highest BCUT2D eigenvalue weighted by molar-refractivity contribution is 5.93. The Kier molecular flexibility index (Phi) is 4.38. The molecule has 2 heterocycles. The minimum absolute atomic E-state index is 0.157. The van der Waals surface area contributed by atoms with E-state index in [0.717, 1.165) is 37.5 Å². The minimum atomic E-state index is -0.602. The Morgan fingerprint density at radius 2 is 1.73 bits per heavy atom. The highest BCUT2D eigenvalue weighted by Gasteiger charge is 2.66. The van der Waals surface area contributed by atoms with Crippen molar-refractivity contribution in [2.75, 3.05) is 6.54 Å². The lowest BCUT2D eigenvalue weighted by Crippen LogP contribution is -2.59. The van der Waals surface area contributed by atoms with Gasteiger partial charge < -0.3 is 15.0 Å². The first kappa shape index (κ1) is 19.0. The van der Waals surface area contributed by atoms with Gasteiger partial charge >= 0.3 is 0 Å². The van der Waals surface area contributed by atoms with Crippen LogP contribution in [0, 0.1) is 29.6 Å². The maximum absolute atomic E-state index is 12.3. The summed E-state index contributed by atoms with van der Waals surface area (Å²) in [6.07, 6.45) is 11.3. The molecule has 1 amide bonds. The van der Waals surface area contributed by atoms with E-state index in [-0.39, 0.29) is 11.5 Å². The molecule has 0 radical (unpaired) electrons. The van der Waals surface area contributed by atoms with Crippen molar-refractivity contribution in [1.29, 1.82) is 0 Å². The van der Waals surface area contributed by atoms with Gasteiger partial charge in [0, 0.05) is 43.5 Å². The van der Waals surface area contributed by atoms with Crippen LogP contribution >= 0.6 is 0 Å². The Morgan fingerprint density at radius 3 is 2.37 bits per heavy atom. The second-order valence-electron chi connectivity index (χ2n) is 10.3. The monoisotopic (exact) mass is 414 g/mol. The molecule has 7 rings (SSSR count). The van der Waals surface area contributed by atoms with Gasteiger partial charge in [0.2, 0.25) is 17.1 Å². The molecule has 1 aromatic rings. The van der Waals surface area contributed by atoms with Gasteiger partial charge in [-0.15, -0.1) is 0 Å². The summed E-state index contributed by atoms with van der Waals surface area (Å²) in [5.74, 6) is 1.84. The van der Waals surface area contributed by atoms with Gasteiger partial charge in [-0.3, -0.25) is 9.59 Å². The van der Waals surface area contributed by atoms with Crippen LogP contribution in [-0.2, 0) is 14.5 Å². The molecule has 1 saturated heterocycles. The molecule has 6 aliphatic rings. The van der Waals surface area contributed by atoms with Gasteiger partial charge in [-0.25, -0.2) is 0 Å². The fourth-order valence-electron chi connectivity index (χ4n) is 7.01. The first-order chi connectivity index (χ1) is 14.5. The first-order valence-corrected chi connectivity index (χ1v) is 11.6. The zero-order valence-corrected chi connectivity index (χ0v) is 17.2. The number of H-pyrrole nitrogens is 1. The summed E-state index contributed by atoms with van der Waals surface area (Å²) < 4.78 is 6.74.